The van der Waals surface area contributed by atoms with Crippen LogP contribution >= 0.6 is 0 Å². The van der Waals surface area contributed by atoms with E-state index < -0.39 is 6.10 Å². The molecule has 21 heavy (non-hydrogen) atoms. The van der Waals surface area contributed by atoms with Gasteiger partial charge in [-0.25, -0.2) is 4.98 Å². The van der Waals surface area contributed by atoms with Gasteiger partial charge in [0.1, 0.15) is 11.9 Å². The van der Waals surface area contributed by atoms with Crippen molar-refractivity contribution in [1.82, 2.24) is 9.55 Å². The molecule has 1 atom stereocenters. The van der Waals surface area contributed by atoms with E-state index in [1.807, 2.05) is 24.3 Å². The quantitative estimate of drug-likeness (QED) is 0.773. The van der Waals surface area contributed by atoms with Gasteiger partial charge < -0.3 is 9.67 Å². The Kier molecular flexibility index (Phi) is 4.02. The van der Waals surface area contributed by atoms with Crippen LogP contribution in [-0.4, -0.2) is 14.7 Å². The van der Waals surface area contributed by atoms with E-state index in [1.165, 1.54) is 5.56 Å². The average molecular weight is 280 g/mol. The fourth-order valence-electron chi connectivity index (χ4n) is 2.73. The maximum absolute atomic E-state index is 9.94. The Labute approximate surface area is 124 Å². The Bertz CT molecular complexity index is 716. The molecule has 3 rings (SSSR count). The smallest absolute Gasteiger partial charge is 0.138 e. The molecule has 1 unspecified atom stereocenters. The van der Waals surface area contributed by atoms with Crippen molar-refractivity contribution in [3.05, 3.63) is 66.0 Å². The highest BCUT2D eigenvalue weighted by molar-refractivity contribution is 5.75. The number of aliphatic hydroxyl groups excluding tert-OH is 1. The summed E-state index contributed by atoms with van der Waals surface area (Å²) in [4.78, 5) is 4.55. The summed E-state index contributed by atoms with van der Waals surface area (Å²) >= 11 is 0. The van der Waals surface area contributed by atoms with Gasteiger partial charge in [0.05, 0.1) is 11.0 Å². The maximum Gasteiger partial charge on any atom is 0.138 e. The lowest BCUT2D eigenvalue weighted by atomic mass is 10.1. The molecule has 0 aliphatic rings. The van der Waals surface area contributed by atoms with Crippen molar-refractivity contribution in [2.24, 2.45) is 0 Å². The summed E-state index contributed by atoms with van der Waals surface area (Å²) in [5.41, 5.74) is 3.40. The van der Waals surface area contributed by atoms with Crippen LogP contribution in [0.1, 0.15) is 30.8 Å². The Hall–Kier alpha value is -2.13. The van der Waals surface area contributed by atoms with Crippen molar-refractivity contribution in [1.29, 1.82) is 0 Å². The van der Waals surface area contributed by atoms with Crippen LogP contribution in [0.15, 0.2) is 54.6 Å². The third kappa shape index (κ3) is 2.98. The van der Waals surface area contributed by atoms with E-state index >= 15 is 0 Å². The summed E-state index contributed by atoms with van der Waals surface area (Å²) in [7, 11) is 0. The molecule has 108 valence electrons. The van der Waals surface area contributed by atoms with Crippen molar-refractivity contribution < 1.29 is 5.11 Å². The predicted octanol–water partition coefficient (Wildman–Crippen LogP) is 3.72. The van der Waals surface area contributed by atoms with Gasteiger partial charge in [0, 0.05) is 6.54 Å². The van der Waals surface area contributed by atoms with Gasteiger partial charge in [0.25, 0.3) is 0 Å². The lowest BCUT2D eigenvalue weighted by Gasteiger charge is -2.11. The van der Waals surface area contributed by atoms with Gasteiger partial charge >= 0.3 is 0 Å². The first kappa shape index (κ1) is 13.8. The summed E-state index contributed by atoms with van der Waals surface area (Å²) in [5, 5.41) is 9.94. The fraction of sp³-hybridized carbons (Fsp3) is 0.278. The molecule has 1 heterocycles. The fourth-order valence-corrected chi connectivity index (χ4v) is 2.73. The average Bonchev–Trinajstić information content (AvgIpc) is 2.88. The number of aryl methyl sites for hydroxylation is 2. The molecule has 2 aromatic carbocycles. The molecule has 3 nitrogen and oxygen atoms in total. The number of aromatic nitrogens is 2. The molecule has 0 saturated carbocycles. The van der Waals surface area contributed by atoms with E-state index in [9.17, 15) is 5.11 Å². The second-order valence-corrected chi connectivity index (χ2v) is 5.38. The number of rotatable bonds is 5. The lowest BCUT2D eigenvalue weighted by molar-refractivity contribution is 0.184. The molecule has 0 saturated heterocycles. The van der Waals surface area contributed by atoms with E-state index in [0.29, 0.717) is 0 Å². The topological polar surface area (TPSA) is 38.1 Å². The zero-order valence-electron chi connectivity index (χ0n) is 12.2. The Morgan fingerprint density at radius 2 is 1.76 bits per heavy atom. The second kappa shape index (κ2) is 6.10. The van der Waals surface area contributed by atoms with Gasteiger partial charge in [0.2, 0.25) is 0 Å². The molecule has 0 bridgehead atoms. The standard InChI is InChI=1S/C18H20N2O/c1-14(21)18-19-16-11-5-6-12-17(16)20(18)13-7-10-15-8-3-2-4-9-15/h2-6,8-9,11-12,14,21H,7,10,13H2,1H3. The second-order valence-electron chi connectivity index (χ2n) is 5.38. The summed E-state index contributed by atoms with van der Waals surface area (Å²) < 4.78 is 2.14. The van der Waals surface area contributed by atoms with Gasteiger partial charge in [-0.05, 0) is 37.5 Å². The number of aliphatic hydroxyl groups is 1. The minimum absolute atomic E-state index is 0.547. The van der Waals surface area contributed by atoms with Crippen LogP contribution in [-0.2, 0) is 13.0 Å². The van der Waals surface area contributed by atoms with E-state index in [-0.39, 0.29) is 0 Å². The summed E-state index contributed by atoms with van der Waals surface area (Å²) in [6.45, 7) is 2.64. The Balaban J connectivity index is 1.81. The molecular formula is C18H20N2O. The number of imidazole rings is 1. The maximum atomic E-state index is 9.94. The van der Waals surface area contributed by atoms with E-state index in [4.69, 9.17) is 0 Å². The van der Waals surface area contributed by atoms with Crippen LogP contribution in [0.5, 0.6) is 0 Å². The number of nitrogens with zero attached hydrogens (tertiary/aromatic N) is 2. The molecule has 3 heteroatoms. The predicted molar refractivity (Wildman–Crippen MR) is 85.1 cm³/mol. The highest BCUT2D eigenvalue weighted by atomic mass is 16.3. The third-order valence-corrected chi connectivity index (χ3v) is 3.75. The molecule has 1 N–H and O–H groups in total. The van der Waals surface area contributed by atoms with Crippen molar-refractivity contribution in [3.8, 4) is 0 Å². The highest BCUT2D eigenvalue weighted by Crippen LogP contribution is 2.21. The number of fused-ring (bicyclic) bond motifs is 1. The monoisotopic (exact) mass is 280 g/mol. The van der Waals surface area contributed by atoms with E-state index in [1.54, 1.807) is 6.92 Å². The molecule has 0 radical (unpaired) electrons. The van der Waals surface area contributed by atoms with Gasteiger partial charge in [-0.15, -0.1) is 0 Å². The molecule has 0 fully saturated rings. The van der Waals surface area contributed by atoms with Crippen molar-refractivity contribution >= 4 is 11.0 Å². The van der Waals surface area contributed by atoms with Gasteiger partial charge in [-0.1, -0.05) is 42.5 Å². The molecule has 0 aliphatic carbocycles. The first-order valence-electron chi connectivity index (χ1n) is 7.43. The summed E-state index contributed by atoms with van der Waals surface area (Å²) in [6.07, 6.45) is 1.52. The van der Waals surface area contributed by atoms with Crippen molar-refractivity contribution in [2.75, 3.05) is 0 Å². The van der Waals surface area contributed by atoms with Gasteiger partial charge in [-0.2, -0.15) is 0 Å². The molecule has 0 aliphatic heterocycles. The normalized spacial score (nSPS) is 12.7. The molecular weight excluding hydrogens is 260 g/mol. The number of benzene rings is 2. The summed E-state index contributed by atoms with van der Waals surface area (Å²) in [6, 6.07) is 18.6. The van der Waals surface area contributed by atoms with Crippen LogP contribution in [0.2, 0.25) is 0 Å². The van der Waals surface area contributed by atoms with Crippen LogP contribution in [0.25, 0.3) is 11.0 Å². The van der Waals surface area contributed by atoms with Crippen LogP contribution in [0.3, 0.4) is 0 Å². The molecule has 0 spiro atoms. The number of hydrogen-bond acceptors (Lipinski definition) is 2. The Morgan fingerprint density at radius 3 is 2.52 bits per heavy atom. The zero-order chi connectivity index (χ0) is 14.7. The first-order chi connectivity index (χ1) is 10.3. The van der Waals surface area contributed by atoms with E-state index in [0.717, 1.165) is 36.2 Å². The van der Waals surface area contributed by atoms with Crippen LogP contribution in [0, 0.1) is 0 Å². The zero-order valence-corrected chi connectivity index (χ0v) is 12.2. The molecule has 1 aromatic heterocycles. The van der Waals surface area contributed by atoms with Crippen LogP contribution in [0.4, 0.5) is 0 Å². The van der Waals surface area contributed by atoms with Crippen molar-refractivity contribution in [2.45, 2.75) is 32.4 Å². The van der Waals surface area contributed by atoms with Gasteiger partial charge in [-0.3, -0.25) is 0 Å². The number of hydrogen-bond donors (Lipinski definition) is 1. The number of para-hydroxylation sites is 2. The van der Waals surface area contributed by atoms with Gasteiger partial charge in [0.15, 0.2) is 0 Å². The minimum Gasteiger partial charge on any atom is -0.385 e. The lowest BCUT2D eigenvalue weighted by Crippen LogP contribution is -2.07. The highest BCUT2D eigenvalue weighted by Gasteiger charge is 2.13. The largest absolute Gasteiger partial charge is 0.385 e. The third-order valence-electron chi connectivity index (χ3n) is 3.75. The Morgan fingerprint density at radius 1 is 1.05 bits per heavy atom. The van der Waals surface area contributed by atoms with Crippen molar-refractivity contribution in [3.63, 3.8) is 0 Å². The molecule has 0 amide bonds. The summed E-state index contributed by atoms with van der Waals surface area (Å²) in [5.74, 6) is 0.754. The molecule has 3 aromatic rings. The minimum atomic E-state index is -0.547. The first-order valence-corrected chi connectivity index (χ1v) is 7.43. The van der Waals surface area contributed by atoms with E-state index in [2.05, 4.69) is 39.9 Å². The SMILES string of the molecule is CC(O)c1nc2ccccc2n1CCCc1ccccc1. The van der Waals surface area contributed by atoms with Crippen LogP contribution < -0.4 is 0 Å².